The van der Waals surface area contributed by atoms with Crippen molar-refractivity contribution in [2.24, 2.45) is 0 Å². The molecule has 0 bridgehead atoms. The van der Waals surface area contributed by atoms with Gasteiger partial charge in [0.15, 0.2) is 0 Å². The van der Waals surface area contributed by atoms with Gasteiger partial charge in [-0.2, -0.15) is 0 Å². The first kappa shape index (κ1) is 39.1. The van der Waals surface area contributed by atoms with E-state index in [2.05, 4.69) is 254 Å². The van der Waals surface area contributed by atoms with E-state index < -0.39 is 10.8 Å². The normalized spacial score (nSPS) is 13.9. The highest BCUT2D eigenvalue weighted by atomic mass is 16.3. The number of rotatable bonds is 6. The van der Waals surface area contributed by atoms with Crippen LogP contribution in [0.25, 0.3) is 66.4 Å². The second-order valence-electron chi connectivity index (χ2n) is 19.0. The molecule has 326 valence electrons. The summed E-state index contributed by atoms with van der Waals surface area (Å²) in [5, 5.41) is 2.24. The topological polar surface area (TPSA) is 16.4 Å². The molecule has 0 atom stereocenters. The summed E-state index contributed by atoms with van der Waals surface area (Å²) in [5.41, 5.74) is 24.5. The zero-order valence-corrected chi connectivity index (χ0v) is 38.2. The summed E-state index contributed by atoms with van der Waals surface area (Å²) in [4.78, 5) is 2.51. The maximum absolute atomic E-state index is 6.29. The lowest BCUT2D eigenvalue weighted by Crippen LogP contribution is -2.28. The van der Waals surface area contributed by atoms with Crippen molar-refractivity contribution in [3.63, 3.8) is 0 Å². The van der Waals surface area contributed by atoms with Crippen molar-refractivity contribution in [3.8, 4) is 44.5 Å². The average molecular weight is 890 g/mol. The molecule has 1 aromatic heterocycles. The number of furan rings is 1. The van der Waals surface area contributed by atoms with Gasteiger partial charge >= 0.3 is 0 Å². The predicted octanol–water partition coefficient (Wildman–Crippen LogP) is 17.4. The van der Waals surface area contributed by atoms with Crippen LogP contribution in [0, 0.1) is 0 Å². The number of fused-ring (bicyclic) bond motifs is 16. The first-order valence-corrected chi connectivity index (χ1v) is 24.3. The lowest BCUT2D eigenvalue weighted by Gasteiger charge is -2.35. The van der Waals surface area contributed by atoms with E-state index in [0.717, 1.165) is 50.1 Å². The van der Waals surface area contributed by atoms with Crippen LogP contribution < -0.4 is 4.90 Å². The van der Waals surface area contributed by atoms with Crippen molar-refractivity contribution in [1.29, 1.82) is 0 Å². The monoisotopic (exact) mass is 889 g/mol. The van der Waals surface area contributed by atoms with Crippen LogP contribution >= 0.6 is 0 Å². The lowest BCUT2D eigenvalue weighted by atomic mass is 9.67. The van der Waals surface area contributed by atoms with Gasteiger partial charge in [0.05, 0.1) is 16.5 Å². The molecule has 0 unspecified atom stereocenters. The van der Waals surface area contributed by atoms with E-state index in [0.29, 0.717) is 0 Å². The number of hydrogen-bond acceptors (Lipinski definition) is 2. The summed E-state index contributed by atoms with van der Waals surface area (Å²) in [6.45, 7) is 0. The summed E-state index contributed by atoms with van der Waals surface area (Å²) >= 11 is 0. The molecule has 3 aliphatic rings. The molecule has 3 aliphatic carbocycles. The second-order valence-corrected chi connectivity index (χ2v) is 19.0. The number of benzene rings is 11. The standard InChI is InChI=1S/C68H43NO/c1-2-19-46(20-3-1)67(57-28-10-4-22-50(57)51-23-5-11-29-58(51)67)47-37-39-48(40-38-47)69(49-21-16-18-44(42-49)45-36-41-65-56(43-45)54-26-9-15-35-64(54)70-65)63-34-17-33-62-66(63)55-27-8-14-32-61(55)68(62)59-30-12-6-24-52(59)53-25-7-13-31-60(53)68/h1-43H. The fourth-order valence-corrected chi connectivity index (χ4v) is 13.0. The molecule has 0 amide bonds. The third kappa shape index (κ3) is 5.17. The minimum Gasteiger partial charge on any atom is -0.456 e. The molecule has 0 radical (unpaired) electrons. The zero-order chi connectivity index (χ0) is 46.0. The minimum atomic E-state index is -0.504. The minimum absolute atomic E-state index is 0.472. The molecule has 0 saturated heterocycles. The Morgan fingerprint density at radius 2 is 0.771 bits per heavy atom. The van der Waals surface area contributed by atoms with Crippen molar-refractivity contribution >= 4 is 39.0 Å². The highest BCUT2D eigenvalue weighted by Crippen LogP contribution is 2.65. The molecule has 2 nitrogen and oxygen atoms in total. The Morgan fingerprint density at radius 1 is 0.286 bits per heavy atom. The Bertz CT molecular complexity index is 3990. The van der Waals surface area contributed by atoms with Crippen molar-refractivity contribution < 1.29 is 4.42 Å². The van der Waals surface area contributed by atoms with E-state index >= 15 is 0 Å². The molecular weight excluding hydrogens is 847 g/mol. The van der Waals surface area contributed by atoms with Crippen LogP contribution in [0.1, 0.15) is 44.5 Å². The summed E-state index contributed by atoms with van der Waals surface area (Å²) in [6.07, 6.45) is 0. The highest BCUT2D eigenvalue weighted by Gasteiger charge is 2.52. The van der Waals surface area contributed by atoms with Gasteiger partial charge in [0.1, 0.15) is 11.2 Å². The van der Waals surface area contributed by atoms with E-state index in [1.165, 1.54) is 77.9 Å². The molecule has 0 aliphatic heterocycles. The van der Waals surface area contributed by atoms with Gasteiger partial charge in [-0.3, -0.25) is 0 Å². The van der Waals surface area contributed by atoms with Crippen molar-refractivity contribution in [3.05, 3.63) is 305 Å². The van der Waals surface area contributed by atoms with Crippen LogP contribution in [0.2, 0.25) is 0 Å². The average Bonchev–Trinajstić information content (AvgIpc) is 4.15. The third-order valence-electron chi connectivity index (χ3n) is 15.8. The van der Waals surface area contributed by atoms with Crippen LogP contribution in [0.15, 0.2) is 265 Å². The Labute approximate surface area is 407 Å². The largest absolute Gasteiger partial charge is 0.456 e. The SMILES string of the molecule is c1ccc(C2(c3ccc(N(c4cccc(-c5ccc6oc7ccccc7c6c5)c4)c4cccc5c4-c4ccccc4C54c5ccccc5-c5ccccc54)cc3)c3ccccc3-c3ccccc32)cc1. The van der Waals surface area contributed by atoms with Gasteiger partial charge in [-0.15, -0.1) is 0 Å². The molecule has 12 aromatic rings. The van der Waals surface area contributed by atoms with Gasteiger partial charge in [0.25, 0.3) is 0 Å². The van der Waals surface area contributed by atoms with Gasteiger partial charge in [0.2, 0.25) is 0 Å². The zero-order valence-electron chi connectivity index (χ0n) is 38.2. The first-order valence-electron chi connectivity index (χ1n) is 24.3. The van der Waals surface area contributed by atoms with E-state index in [1.54, 1.807) is 0 Å². The van der Waals surface area contributed by atoms with E-state index in [-0.39, 0.29) is 0 Å². The molecule has 1 spiro atoms. The van der Waals surface area contributed by atoms with Crippen LogP contribution in [0.3, 0.4) is 0 Å². The maximum atomic E-state index is 6.29. The van der Waals surface area contributed by atoms with Gasteiger partial charge in [-0.05, 0) is 132 Å². The Hall–Kier alpha value is -8.98. The van der Waals surface area contributed by atoms with Crippen LogP contribution in [0.4, 0.5) is 17.1 Å². The smallest absolute Gasteiger partial charge is 0.135 e. The molecule has 1 heterocycles. The number of anilines is 3. The van der Waals surface area contributed by atoms with Gasteiger partial charge < -0.3 is 9.32 Å². The van der Waals surface area contributed by atoms with E-state index in [9.17, 15) is 0 Å². The summed E-state index contributed by atoms with van der Waals surface area (Å²) in [5.74, 6) is 0. The molecule has 15 rings (SSSR count). The molecule has 70 heavy (non-hydrogen) atoms. The number of para-hydroxylation sites is 1. The quantitative estimate of drug-likeness (QED) is 0.165. The van der Waals surface area contributed by atoms with Crippen molar-refractivity contribution in [1.82, 2.24) is 0 Å². The molecule has 0 saturated carbocycles. The first-order chi connectivity index (χ1) is 34.7. The lowest BCUT2D eigenvalue weighted by molar-refractivity contribution is 0.669. The van der Waals surface area contributed by atoms with Gasteiger partial charge in [0, 0.05) is 27.7 Å². The third-order valence-corrected chi connectivity index (χ3v) is 15.8. The van der Waals surface area contributed by atoms with E-state index in [4.69, 9.17) is 4.42 Å². The highest BCUT2D eigenvalue weighted by molar-refractivity contribution is 6.07. The fourth-order valence-electron chi connectivity index (χ4n) is 13.0. The molecule has 0 fully saturated rings. The van der Waals surface area contributed by atoms with Crippen LogP contribution in [-0.2, 0) is 10.8 Å². The molecular formula is C68H43NO. The fraction of sp³-hybridized carbons (Fsp3) is 0.0294. The van der Waals surface area contributed by atoms with Crippen molar-refractivity contribution in [2.45, 2.75) is 10.8 Å². The van der Waals surface area contributed by atoms with Gasteiger partial charge in [-0.1, -0.05) is 212 Å². The maximum Gasteiger partial charge on any atom is 0.135 e. The summed E-state index contributed by atoms with van der Waals surface area (Å²) in [6, 6.07) is 96.8. The molecule has 0 N–H and O–H groups in total. The van der Waals surface area contributed by atoms with Crippen LogP contribution in [0.5, 0.6) is 0 Å². The summed E-state index contributed by atoms with van der Waals surface area (Å²) < 4.78 is 6.29. The van der Waals surface area contributed by atoms with Crippen molar-refractivity contribution in [2.75, 3.05) is 4.90 Å². The Balaban J connectivity index is 0.973. The number of hydrogen-bond donors (Lipinski definition) is 0. The summed E-state index contributed by atoms with van der Waals surface area (Å²) in [7, 11) is 0. The molecule has 2 heteroatoms. The predicted molar refractivity (Wildman–Crippen MR) is 287 cm³/mol. The number of nitrogens with zero attached hydrogens (tertiary/aromatic N) is 1. The Morgan fingerprint density at radius 3 is 1.43 bits per heavy atom. The Kier molecular flexibility index (Phi) is 8.24. The second kappa shape index (κ2) is 14.8. The molecule has 11 aromatic carbocycles. The van der Waals surface area contributed by atoms with Crippen LogP contribution in [-0.4, -0.2) is 0 Å². The van der Waals surface area contributed by atoms with Gasteiger partial charge in [-0.25, -0.2) is 0 Å². The van der Waals surface area contributed by atoms with E-state index in [1.807, 2.05) is 12.1 Å².